The van der Waals surface area contributed by atoms with E-state index in [2.05, 4.69) is 41.8 Å². The van der Waals surface area contributed by atoms with E-state index in [0.717, 1.165) is 18.8 Å². The Morgan fingerprint density at radius 3 is 3.06 bits per heavy atom. The zero-order chi connectivity index (χ0) is 12.6. The van der Waals surface area contributed by atoms with Gasteiger partial charge >= 0.3 is 0 Å². The van der Waals surface area contributed by atoms with Crippen LogP contribution in [0.15, 0.2) is 24.3 Å². The van der Waals surface area contributed by atoms with Crippen LogP contribution in [0.5, 0.6) is 0 Å². The van der Waals surface area contributed by atoms with Gasteiger partial charge in [-0.15, -0.1) is 0 Å². The lowest BCUT2D eigenvalue weighted by molar-refractivity contribution is 0.398. The first kappa shape index (κ1) is 13.9. The predicted octanol–water partition coefficient (Wildman–Crippen LogP) is 2.57. The predicted molar refractivity (Wildman–Crippen MR) is 81.2 cm³/mol. The fraction of sp³-hybridized carbons (Fsp3) is 0.600. The molecule has 0 spiro atoms. The maximum absolute atomic E-state index is 3.64. The Morgan fingerprint density at radius 1 is 1.39 bits per heavy atom. The van der Waals surface area contributed by atoms with Crippen molar-refractivity contribution >= 4 is 11.8 Å². The zero-order valence-corrected chi connectivity index (χ0v) is 12.1. The highest BCUT2D eigenvalue weighted by Gasteiger charge is 2.10. The van der Waals surface area contributed by atoms with Gasteiger partial charge in [0.15, 0.2) is 0 Å². The van der Waals surface area contributed by atoms with Crippen LogP contribution < -0.4 is 10.6 Å². The van der Waals surface area contributed by atoms with Crippen molar-refractivity contribution in [2.75, 3.05) is 25.4 Å². The normalized spacial score (nSPS) is 19.9. The quantitative estimate of drug-likeness (QED) is 0.772. The molecule has 0 amide bonds. The van der Waals surface area contributed by atoms with Gasteiger partial charge in [0.05, 0.1) is 0 Å². The summed E-state index contributed by atoms with van der Waals surface area (Å²) in [6.07, 6.45) is 2.64. The molecule has 2 nitrogen and oxygen atoms in total. The van der Waals surface area contributed by atoms with Gasteiger partial charge < -0.3 is 10.6 Å². The number of nitrogens with one attached hydrogen (secondary N) is 2. The van der Waals surface area contributed by atoms with Gasteiger partial charge in [-0.3, -0.25) is 0 Å². The molecule has 100 valence electrons. The molecule has 2 rings (SSSR count). The van der Waals surface area contributed by atoms with Gasteiger partial charge in [-0.2, -0.15) is 11.8 Å². The van der Waals surface area contributed by atoms with E-state index in [4.69, 9.17) is 0 Å². The minimum atomic E-state index is 0.692. The zero-order valence-electron chi connectivity index (χ0n) is 11.2. The van der Waals surface area contributed by atoms with Gasteiger partial charge in [-0.25, -0.2) is 0 Å². The largest absolute Gasteiger partial charge is 0.315 e. The number of benzene rings is 1. The third-order valence-corrected chi connectivity index (χ3v) is 4.50. The Bertz CT molecular complexity index is 348. The van der Waals surface area contributed by atoms with Crippen molar-refractivity contribution < 1.29 is 0 Å². The number of hydrogen-bond acceptors (Lipinski definition) is 3. The Balaban J connectivity index is 1.57. The first-order valence-electron chi connectivity index (χ1n) is 6.92. The Kier molecular flexibility index (Phi) is 6.05. The molecule has 1 aliphatic heterocycles. The van der Waals surface area contributed by atoms with Gasteiger partial charge in [-0.1, -0.05) is 24.3 Å². The van der Waals surface area contributed by atoms with Crippen LogP contribution in [0.2, 0.25) is 0 Å². The van der Waals surface area contributed by atoms with Crippen LogP contribution in [-0.2, 0) is 5.75 Å². The second kappa shape index (κ2) is 7.82. The summed E-state index contributed by atoms with van der Waals surface area (Å²) in [6.45, 7) is 5.66. The maximum Gasteiger partial charge on any atom is 0.0193 e. The number of thioether (sulfide) groups is 1. The molecule has 0 radical (unpaired) electrons. The Morgan fingerprint density at radius 2 is 2.28 bits per heavy atom. The van der Waals surface area contributed by atoms with E-state index in [-0.39, 0.29) is 0 Å². The highest BCUT2D eigenvalue weighted by atomic mass is 32.2. The molecule has 0 aromatic heterocycles. The van der Waals surface area contributed by atoms with E-state index in [0.29, 0.717) is 6.04 Å². The van der Waals surface area contributed by atoms with Crippen molar-refractivity contribution in [1.29, 1.82) is 0 Å². The third-order valence-electron chi connectivity index (χ3n) is 3.50. The summed E-state index contributed by atoms with van der Waals surface area (Å²) < 4.78 is 0. The minimum Gasteiger partial charge on any atom is -0.315 e. The van der Waals surface area contributed by atoms with Crippen LogP contribution in [0.4, 0.5) is 0 Å². The molecule has 1 unspecified atom stereocenters. The van der Waals surface area contributed by atoms with Gasteiger partial charge in [0, 0.05) is 30.6 Å². The van der Waals surface area contributed by atoms with Crippen molar-refractivity contribution in [1.82, 2.24) is 10.6 Å². The molecule has 1 aliphatic rings. The lowest BCUT2D eigenvalue weighted by Gasteiger charge is -2.23. The van der Waals surface area contributed by atoms with Gasteiger partial charge in [0.25, 0.3) is 0 Å². The Labute approximate surface area is 115 Å². The summed E-state index contributed by atoms with van der Waals surface area (Å²) in [7, 11) is 0. The molecule has 0 bridgehead atoms. The smallest absolute Gasteiger partial charge is 0.0193 e. The molecule has 1 aromatic rings. The second-order valence-corrected chi connectivity index (χ2v) is 6.08. The summed E-state index contributed by atoms with van der Waals surface area (Å²) >= 11 is 2.03. The van der Waals surface area contributed by atoms with E-state index in [9.17, 15) is 0 Å². The first-order chi connectivity index (χ1) is 8.86. The van der Waals surface area contributed by atoms with Crippen LogP contribution >= 0.6 is 11.8 Å². The molecular formula is C15H24N2S. The molecule has 1 atom stereocenters. The summed E-state index contributed by atoms with van der Waals surface area (Å²) in [5, 5.41) is 7.08. The fourth-order valence-electron chi connectivity index (χ4n) is 2.32. The standard InChI is InChI=1S/C15H24N2S/c1-13-5-2-3-6-14(13)12-18-10-9-17-15-7-4-8-16-11-15/h2-3,5-6,15-17H,4,7-12H2,1H3. The van der Waals surface area contributed by atoms with E-state index in [1.807, 2.05) is 11.8 Å². The average molecular weight is 264 g/mol. The average Bonchev–Trinajstić information content (AvgIpc) is 2.42. The van der Waals surface area contributed by atoms with Gasteiger partial charge in [0.1, 0.15) is 0 Å². The number of hydrogen-bond donors (Lipinski definition) is 2. The highest BCUT2D eigenvalue weighted by Crippen LogP contribution is 2.15. The molecular weight excluding hydrogens is 240 g/mol. The summed E-state index contributed by atoms with van der Waals surface area (Å²) in [6, 6.07) is 9.37. The molecule has 2 N–H and O–H groups in total. The van der Waals surface area contributed by atoms with E-state index in [1.54, 1.807) is 0 Å². The number of rotatable bonds is 6. The van der Waals surface area contributed by atoms with Crippen LogP contribution in [0.1, 0.15) is 24.0 Å². The molecule has 1 aromatic carbocycles. The first-order valence-corrected chi connectivity index (χ1v) is 8.08. The lowest BCUT2D eigenvalue weighted by atomic mass is 10.1. The molecule has 3 heteroatoms. The minimum absolute atomic E-state index is 0.692. The topological polar surface area (TPSA) is 24.1 Å². The van der Waals surface area contributed by atoms with Crippen molar-refractivity contribution in [3.8, 4) is 0 Å². The van der Waals surface area contributed by atoms with Gasteiger partial charge in [0.2, 0.25) is 0 Å². The summed E-state index contributed by atoms with van der Waals surface area (Å²) in [5.74, 6) is 2.34. The van der Waals surface area contributed by atoms with Crippen molar-refractivity contribution in [3.05, 3.63) is 35.4 Å². The summed E-state index contributed by atoms with van der Waals surface area (Å²) in [4.78, 5) is 0. The van der Waals surface area contributed by atoms with Crippen molar-refractivity contribution in [2.45, 2.75) is 31.6 Å². The summed E-state index contributed by atoms with van der Waals surface area (Å²) in [5.41, 5.74) is 2.89. The van der Waals surface area contributed by atoms with Gasteiger partial charge in [-0.05, 0) is 37.4 Å². The molecule has 0 aliphatic carbocycles. The molecule has 1 saturated heterocycles. The van der Waals surface area contributed by atoms with E-state index >= 15 is 0 Å². The number of piperidine rings is 1. The van der Waals surface area contributed by atoms with Crippen LogP contribution in [0.25, 0.3) is 0 Å². The van der Waals surface area contributed by atoms with Crippen LogP contribution in [-0.4, -0.2) is 31.4 Å². The van der Waals surface area contributed by atoms with Crippen LogP contribution in [0.3, 0.4) is 0 Å². The monoisotopic (exact) mass is 264 g/mol. The molecule has 1 fully saturated rings. The highest BCUT2D eigenvalue weighted by molar-refractivity contribution is 7.98. The maximum atomic E-state index is 3.64. The molecule has 1 heterocycles. The van der Waals surface area contributed by atoms with Crippen molar-refractivity contribution in [2.24, 2.45) is 0 Å². The SMILES string of the molecule is Cc1ccccc1CSCCNC1CCCNC1. The molecule has 18 heavy (non-hydrogen) atoms. The third kappa shape index (κ3) is 4.63. The van der Waals surface area contributed by atoms with Crippen LogP contribution in [0, 0.1) is 6.92 Å². The molecule has 0 saturated carbocycles. The lowest BCUT2D eigenvalue weighted by Crippen LogP contribution is -2.43. The second-order valence-electron chi connectivity index (χ2n) is 4.98. The van der Waals surface area contributed by atoms with E-state index < -0.39 is 0 Å². The Hall–Kier alpha value is -0.510. The van der Waals surface area contributed by atoms with Crippen molar-refractivity contribution in [3.63, 3.8) is 0 Å². The fourth-order valence-corrected chi connectivity index (χ4v) is 3.27. The number of aryl methyl sites for hydroxylation is 1. The van der Waals surface area contributed by atoms with E-state index in [1.165, 1.54) is 36.3 Å².